The molecule has 20 heavy (non-hydrogen) atoms. The van der Waals surface area contributed by atoms with E-state index in [0.29, 0.717) is 16.7 Å². The summed E-state index contributed by atoms with van der Waals surface area (Å²) in [5.41, 5.74) is 3.83. The topological polar surface area (TPSA) is 50.1 Å². The van der Waals surface area contributed by atoms with Crippen molar-refractivity contribution in [3.63, 3.8) is 0 Å². The summed E-state index contributed by atoms with van der Waals surface area (Å²) in [6, 6.07) is 14.8. The minimum Gasteiger partial charge on any atom is -0.457 e. The van der Waals surface area contributed by atoms with Crippen LogP contribution in [0.15, 0.2) is 42.5 Å². The maximum atomic E-state index is 12.0. The van der Waals surface area contributed by atoms with Gasteiger partial charge < -0.3 is 4.74 Å². The fourth-order valence-corrected chi connectivity index (χ4v) is 2.07. The van der Waals surface area contributed by atoms with Crippen molar-refractivity contribution in [2.45, 2.75) is 20.5 Å². The number of carbonyl (C=O) groups is 1. The predicted molar refractivity (Wildman–Crippen MR) is 76.2 cm³/mol. The lowest BCUT2D eigenvalue weighted by Crippen LogP contribution is -2.06. The van der Waals surface area contributed by atoms with Gasteiger partial charge in [-0.25, -0.2) is 4.79 Å². The van der Waals surface area contributed by atoms with Gasteiger partial charge >= 0.3 is 5.97 Å². The van der Waals surface area contributed by atoms with Crippen LogP contribution < -0.4 is 0 Å². The summed E-state index contributed by atoms with van der Waals surface area (Å²) in [6.45, 7) is 3.99. The predicted octanol–water partition coefficient (Wildman–Crippen LogP) is 3.53. The maximum Gasteiger partial charge on any atom is 0.338 e. The number of nitrogens with zero attached hydrogens (tertiary/aromatic N) is 1. The van der Waals surface area contributed by atoms with Crippen LogP contribution in [-0.2, 0) is 11.3 Å². The minimum absolute atomic E-state index is 0.107. The van der Waals surface area contributed by atoms with E-state index in [2.05, 4.69) is 6.07 Å². The number of benzene rings is 2. The molecule has 0 heterocycles. The van der Waals surface area contributed by atoms with E-state index in [-0.39, 0.29) is 12.6 Å². The lowest BCUT2D eigenvalue weighted by Gasteiger charge is -2.07. The second kappa shape index (κ2) is 6.03. The van der Waals surface area contributed by atoms with Crippen LogP contribution in [0.4, 0.5) is 0 Å². The summed E-state index contributed by atoms with van der Waals surface area (Å²) in [6.07, 6.45) is 0. The van der Waals surface area contributed by atoms with Crippen molar-refractivity contribution >= 4 is 5.97 Å². The van der Waals surface area contributed by atoms with Crippen molar-refractivity contribution in [3.05, 3.63) is 70.3 Å². The molecule has 0 spiro atoms. The molecular formula is C17H15NO2. The number of carbonyl (C=O) groups excluding carboxylic acids is 1. The van der Waals surface area contributed by atoms with Crippen molar-refractivity contribution in [1.29, 1.82) is 5.26 Å². The molecule has 0 aromatic heterocycles. The molecular weight excluding hydrogens is 250 g/mol. The average molecular weight is 265 g/mol. The zero-order chi connectivity index (χ0) is 14.5. The van der Waals surface area contributed by atoms with Crippen LogP contribution in [0.5, 0.6) is 0 Å². The van der Waals surface area contributed by atoms with E-state index in [9.17, 15) is 4.79 Å². The molecule has 0 unspecified atom stereocenters. The Morgan fingerprint density at radius 1 is 1.15 bits per heavy atom. The van der Waals surface area contributed by atoms with E-state index in [1.807, 2.05) is 26.0 Å². The number of hydrogen-bond donors (Lipinski definition) is 0. The number of ether oxygens (including phenoxy) is 1. The fourth-order valence-electron chi connectivity index (χ4n) is 2.07. The van der Waals surface area contributed by atoms with E-state index >= 15 is 0 Å². The Labute approximate surface area is 118 Å². The van der Waals surface area contributed by atoms with Gasteiger partial charge in [0, 0.05) is 5.56 Å². The van der Waals surface area contributed by atoms with E-state index in [4.69, 9.17) is 10.00 Å². The van der Waals surface area contributed by atoms with Crippen molar-refractivity contribution in [2.75, 3.05) is 0 Å². The van der Waals surface area contributed by atoms with E-state index in [1.54, 1.807) is 30.3 Å². The highest BCUT2D eigenvalue weighted by Crippen LogP contribution is 2.13. The van der Waals surface area contributed by atoms with Crippen LogP contribution in [0.1, 0.15) is 32.6 Å². The first-order chi connectivity index (χ1) is 9.60. The van der Waals surface area contributed by atoms with Gasteiger partial charge in [0.1, 0.15) is 6.61 Å². The van der Waals surface area contributed by atoms with Gasteiger partial charge in [0.25, 0.3) is 0 Å². The third-order valence-electron chi connectivity index (χ3n) is 2.95. The molecule has 0 aliphatic heterocycles. The summed E-state index contributed by atoms with van der Waals surface area (Å²) in [4.78, 5) is 12.0. The van der Waals surface area contributed by atoms with Gasteiger partial charge in [-0.1, -0.05) is 35.4 Å². The highest BCUT2D eigenvalue weighted by atomic mass is 16.5. The lowest BCUT2D eigenvalue weighted by molar-refractivity contribution is 0.0472. The normalized spacial score (nSPS) is 9.85. The summed E-state index contributed by atoms with van der Waals surface area (Å²) in [7, 11) is 0. The lowest BCUT2D eigenvalue weighted by atomic mass is 10.1. The summed E-state index contributed by atoms with van der Waals surface area (Å²) in [5.74, 6) is -0.371. The number of esters is 1. The molecule has 2 aromatic carbocycles. The van der Waals surface area contributed by atoms with Crippen LogP contribution >= 0.6 is 0 Å². The van der Waals surface area contributed by atoms with Crippen molar-refractivity contribution in [2.24, 2.45) is 0 Å². The first kappa shape index (κ1) is 13.8. The van der Waals surface area contributed by atoms with Gasteiger partial charge in [0.2, 0.25) is 0 Å². The highest BCUT2D eigenvalue weighted by molar-refractivity contribution is 5.89. The third kappa shape index (κ3) is 3.24. The van der Waals surface area contributed by atoms with Gasteiger partial charge in [-0.05, 0) is 32.0 Å². The first-order valence-electron chi connectivity index (χ1n) is 6.33. The molecule has 2 aromatic rings. The molecule has 0 amide bonds. The van der Waals surface area contributed by atoms with Gasteiger partial charge in [-0.3, -0.25) is 0 Å². The van der Waals surface area contributed by atoms with E-state index in [1.165, 1.54) is 0 Å². The number of hydrogen-bond acceptors (Lipinski definition) is 3. The molecule has 0 saturated carbocycles. The second-order valence-corrected chi connectivity index (χ2v) is 4.72. The fraction of sp³-hybridized carbons (Fsp3) is 0.176. The molecule has 0 radical (unpaired) electrons. The monoisotopic (exact) mass is 265 g/mol. The van der Waals surface area contributed by atoms with Gasteiger partial charge in [-0.15, -0.1) is 0 Å². The number of rotatable bonds is 3. The zero-order valence-electron chi connectivity index (χ0n) is 11.5. The Bertz CT molecular complexity index is 663. The molecule has 0 aliphatic carbocycles. The molecule has 0 aliphatic rings. The summed E-state index contributed by atoms with van der Waals surface area (Å²) >= 11 is 0. The Morgan fingerprint density at radius 2 is 1.80 bits per heavy atom. The smallest absolute Gasteiger partial charge is 0.338 e. The summed E-state index contributed by atoms with van der Waals surface area (Å²) in [5, 5.41) is 8.98. The third-order valence-corrected chi connectivity index (χ3v) is 2.95. The van der Waals surface area contributed by atoms with Crippen molar-refractivity contribution in [1.82, 2.24) is 0 Å². The molecule has 0 bridgehead atoms. The van der Waals surface area contributed by atoms with Crippen LogP contribution in [0.3, 0.4) is 0 Å². The Kier molecular flexibility index (Phi) is 4.17. The molecule has 0 saturated heterocycles. The SMILES string of the molecule is Cc1cc(C)cc(C(=O)OCc2ccccc2C#N)c1. The molecule has 0 N–H and O–H groups in total. The Balaban J connectivity index is 2.11. The zero-order valence-corrected chi connectivity index (χ0v) is 11.5. The standard InChI is InChI=1S/C17H15NO2/c1-12-7-13(2)9-16(8-12)17(19)20-11-15-6-4-3-5-14(15)10-18/h3-9H,11H2,1-2H3. The molecule has 100 valence electrons. The number of nitriles is 1. The highest BCUT2D eigenvalue weighted by Gasteiger charge is 2.10. The second-order valence-electron chi connectivity index (χ2n) is 4.72. The first-order valence-corrected chi connectivity index (χ1v) is 6.33. The molecule has 0 fully saturated rings. The summed E-state index contributed by atoms with van der Waals surface area (Å²) < 4.78 is 5.28. The molecule has 3 heteroatoms. The number of aryl methyl sites for hydroxylation is 2. The molecule has 3 nitrogen and oxygen atoms in total. The van der Waals surface area contributed by atoms with Crippen molar-refractivity contribution in [3.8, 4) is 6.07 Å². The van der Waals surface area contributed by atoms with Crippen LogP contribution in [0, 0.1) is 25.2 Å². The minimum atomic E-state index is -0.371. The Hall–Kier alpha value is -2.60. The largest absolute Gasteiger partial charge is 0.457 e. The van der Waals surface area contributed by atoms with E-state index in [0.717, 1.165) is 11.1 Å². The van der Waals surface area contributed by atoms with Crippen LogP contribution in [-0.4, -0.2) is 5.97 Å². The van der Waals surface area contributed by atoms with Crippen LogP contribution in [0.25, 0.3) is 0 Å². The Morgan fingerprint density at radius 3 is 2.45 bits per heavy atom. The van der Waals surface area contributed by atoms with Gasteiger partial charge in [0.15, 0.2) is 0 Å². The van der Waals surface area contributed by atoms with Crippen LogP contribution in [0.2, 0.25) is 0 Å². The van der Waals surface area contributed by atoms with Gasteiger partial charge in [-0.2, -0.15) is 5.26 Å². The quantitative estimate of drug-likeness (QED) is 0.798. The average Bonchev–Trinajstić information content (AvgIpc) is 2.44. The van der Waals surface area contributed by atoms with Crippen molar-refractivity contribution < 1.29 is 9.53 Å². The maximum absolute atomic E-state index is 12.0. The molecule has 0 atom stereocenters. The van der Waals surface area contributed by atoms with Gasteiger partial charge in [0.05, 0.1) is 17.2 Å². The van der Waals surface area contributed by atoms with E-state index < -0.39 is 0 Å². The molecule has 2 rings (SSSR count).